The van der Waals surface area contributed by atoms with Crippen LogP contribution in [0.2, 0.25) is 0 Å². The summed E-state index contributed by atoms with van der Waals surface area (Å²) in [6.07, 6.45) is 2.69. The van der Waals surface area contributed by atoms with Gasteiger partial charge in [0.05, 0.1) is 11.3 Å². The molecule has 22 heavy (non-hydrogen) atoms. The van der Waals surface area contributed by atoms with E-state index in [1.54, 1.807) is 0 Å². The molecule has 0 aliphatic rings. The van der Waals surface area contributed by atoms with Crippen LogP contribution in [-0.2, 0) is 19.4 Å². The first-order valence-corrected chi connectivity index (χ1v) is 7.00. The van der Waals surface area contributed by atoms with E-state index in [-0.39, 0.29) is 17.8 Å². The van der Waals surface area contributed by atoms with E-state index in [4.69, 9.17) is 9.63 Å². The summed E-state index contributed by atoms with van der Waals surface area (Å²) in [7, 11) is 0. The fraction of sp³-hybridized carbons (Fsp3) is 0.333. The number of aromatic nitrogens is 2. The number of nitrogens with one attached hydrogen (secondary N) is 1. The normalized spacial score (nSPS) is 10.5. The van der Waals surface area contributed by atoms with E-state index in [0.717, 1.165) is 17.0 Å². The van der Waals surface area contributed by atoms with Crippen molar-refractivity contribution in [3.05, 3.63) is 46.6 Å². The van der Waals surface area contributed by atoms with Gasteiger partial charge < -0.3 is 14.9 Å². The van der Waals surface area contributed by atoms with Crippen LogP contribution in [0, 0.1) is 0 Å². The molecule has 0 aliphatic heterocycles. The van der Waals surface area contributed by atoms with E-state index >= 15 is 0 Å². The van der Waals surface area contributed by atoms with Crippen LogP contribution in [-0.4, -0.2) is 27.1 Å². The summed E-state index contributed by atoms with van der Waals surface area (Å²) in [5, 5.41) is 15.6. The van der Waals surface area contributed by atoms with Crippen LogP contribution >= 0.6 is 0 Å². The van der Waals surface area contributed by atoms with E-state index < -0.39 is 11.9 Å². The number of aromatic carboxylic acids is 1. The summed E-state index contributed by atoms with van der Waals surface area (Å²) in [4.78, 5) is 26.9. The molecule has 116 valence electrons. The maximum Gasteiger partial charge on any atom is 0.335 e. The molecular formula is C15H17N3O4. The Morgan fingerprint density at radius 3 is 2.73 bits per heavy atom. The number of rotatable bonds is 6. The molecule has 0 atom stereocenters. The van der Waals surface area contributed by atoms with Crippen molar-refractivity contribution in [3.63, 3.8) is 0 Å². The second-order valence-corrected chi connectivity index (χ2v) is 4.66. The molecule has 0 aliphatic carbocycles. The average molecular weight is 303 g/mol. The standard InChI is InChI=1S/C15H17N3O4/c1-3-11-10(13(4-2)22-18-11)8-17-14(19)12-7-9(15(20)21)5-6-16-12/h5-7H,3-4,8H2,1-2H3,(H,17,19)(H,20,21). The van der Waals surface area contributed by atoms with E-state index in [0.29, 0.717) is 12.8 Å². The number of carboxylic acids is 1. The minimum Gasteiger partial charge on any atom is -0.478 e. The molecule has 0 fully saturated rings. The molecule has 0 saturated heterocycles. The average Bonchev–Trinajstić information content (AvgIpc) is 2.94. The molecule has 2 N–H and O–H groups in total. The van der Waals surface area contributed by atoms with Gasteiger partial charge in [0.25, 0.3) is 5.91 Å². The molecule has 0 unspecified atom stereocenters. The molecule has 0 radical (unpaired) electrons. The monoisotopic (exact) mass is 303 g/mol. The first kappa shape index (κ1) is 15.7. The summed E-state index contributed by atoms with van der Waals surface area (Å²) in [5.41, 5.74) is 1.76. The van der Waals surface area contributed by atoms with Crippen molar-refractivity contribution < 1.29 is 19.2 Å². The molecule has 2 aromatic heterocycles. The number of hydrogen-bond donors (Lipinski definition) is 2. The van der Waals surface area contributed by atoms with E-state index in [9.17, 15) is 9.59 Å². The Balaban J connectivity index is 2.12. The first-order chi connectivity index (χ1) is 10.6. The summed E-state index contributed by atoms with van der Waals surface area (Å²) < 4.78 is 5.23. The Hall–Kier alpha value is -2.70. The van der Waals surface area contributed by atoms with Crippen molar-refractivity contribution in [1.82, 2.24) is 15.5 Å². The van der Waals surface area contributed by atoms with Crippen LogP contribution in [0.3, 0.4) is 0 Å². The highest BCUT2D eigenvalue weighted by atomic mass is 16.5. The Labute approximate surface area is 127 Å². The van der Waals surface area contributed by atoms with Crippen LogP contribution in [0.1, 0.15) is 51.7 Å². The third kappa shape index (κ3) is 3.30. The molecule has 0 aromatic carbocycles. The van der Waals surface area contributed by atoms with Gasteiger partial charge in [0.1, 0.15) is 11.5 Å². The van der Waals surface area contributed by atoms with Crippen molar-refractivity contribution >= 4 is 11.9 Å². The van der Waals surface area contributed by atoms with Crippen LogP contribution in [0.15, 0.2) is 22.9 Å². The largest absolute Gasteiger partial charge is 0.478 e. The number of hydrogen-bond acceptors (Lipinski definition) is 5. The van der Waals surface area contributed by atoms with Crippen molar-refractivity contribution in [2.75, 3.05) is 0 Å². The summed E-state index contributed by atoms with van der Waals surface area (Å²) in [6.45, 7) is 4.18. The Bertz CT molecular complexity index is 672. The number of pyridine rings is 1. The predicted octanol–water partition coefficient (Wildman–Crippen LogP) is 1.82. The predicted molar refractivity (Wildman–Crippen MR) is 77.6 cm³/mol. The molecule has 7 nitrogen and oxygen atoms in total. The third-order valence-corrected chi connectivity index (χ3v) is 3.27. The van der Waals surface area contributed by atoms with E-state index in [2.05, 4.69) is 15.5 Å². The molecule has 2 aromatic rings. The van der Waals surface area contributed by atoms with Crippen molar-refractivity contribution in [2.24, 2.45) is 0 Å². The summed E-state index contributed by atoms with van der Waals surface area (Å²) in [5.74, 6) is -0.796. The topological polar surface area (TPSA) is 105 Å². The van der Waals surface area contributed by atoms with Crippen molar-refractivity contribution in [2.45, 2.75) is 33.2 Å². The quantitative estimate of drug-likeness (QED) is 0.843. The van der Waals surface area contributed by atoms with Gasteiger partial charge in [-0.15, -0.1) is 0 Å². The number of aryl methyl sites for hydroxylation is 2. The van der Waals surface area contributed by atoms with Gasteiger partial charge in [0.15, 0.2) is 0 Å². The Kier molecular flexibility index (Phi) is 4.88. The fourth-order valence-electron chi connectivity index (χ4n) is 2.08. The molecule has 2 heterocycles. The maximum atomic E-state index is 12.1. The third-order valence-electron chi connectivity index (χ3n) is 3.27. The van der Waals surface area contributed by atoms with Gasteiger partial charge >= 0.3 is 5.97 Å². The van der Waals surface area contributed by atoms with Crippen LogP contribution in [0.4, 0.5) is 0 Å². The second kappa shape index (κ2) is 6.84. The minimum atomic E-state index is -1.10. The zero-order valence-corrected chi connectivity index (χ0v) is 12.4. The van der Waals surface area contributed by atoms with Gasteiger partial charge in [-0.2, -0.15) is 0 Å². The minimum absolute atomic E-state index is 0.0219. The maximum absolute atomic E-state index is 12.1. The van der Waals surface area contributed by atoms with Gasteiger partial charge in [-0.25, -0.2) is 4.79 Å². The van der Waals surface area contributed by atoms with Gasteiger partial charge in [-0.1, -0.05) is 19.0 Å². The molecule has 0 bridgehead atoms. The van der Waals surface area contributed by atoms with Gasteiger partial charge in [0, 0.05) is 24.7 Å². The lowest BCUT2D eigenvalue weighted by atomic mass is 10.1. The van der Waals surface area contributed by atoms with Gasteiger partial charge in [0.2, 0.25) is 0 Å². The van der Waals surface area contributed by atoms with Crippen LogP contribution in [0.5, 0.6) is 0 Å². The molecule has 0 spiro atoms. The first-order valence-electron chi connectivity index (χ1n) is 7.00. The molecule has 1 amide bonds. The SMILES string of the molecule is CCc1noc(CC)c1CNC(=O)c1cc(C(=O)O)ccn1. The molecule has 7 heteroatoms. The van der Waals surface area contributed by atoms with E-state index in [1.165, 1.54) is 18.3 Å². The molecular weight excluding hydrogens is 286 g/mol. The number of amides is 1. The lowest BCUT2D eigenvalue weighted by Gasteiger charge is -2.06. The molecule has 0 saturated carbocycles. The lowest BCUT2D eigenvalue weighted by molar-refractivity contribution is 0.0696. The fourth-order valence-corrected chi connectivity index (χ4v) is 2.08. The highest BCUT2D eigenvalue weighted by molar-refractivity contribution is 5.95. The van der Waals surface area contributed by atoms with Crippen LogP contribution in [0.25, 0.3) is 0 Å². The van der Waals surface area contributed by atoms with Crippen LogP contribution < -0.4 is 5.32 Å². The second-order valence-electron chi connectivity index (χ2n) is 4.66. The van der Waals surface area contributed by atoms with Gasteiger partial charge in [-0.05, 0) is 18.6 Å². The van der Waals surface area contributed by atoms with Gasteiger partial charge in [-0.3, -0.25) is 9.78 Å². The van der Waals surface area contributed by atoms with E-state index in [1.807, 2.05) is 13.8 Å². The molecule has 2 rings (SSSR count). The summed E-state index contributed by atoms with van der Waals surface area (Å²) in [6, 6.07) is 2.58. The van der Waals surface area contributed by atoms with Crippen molar-refractivity contribution in [1.29, 1.82) is 0 Å². The Morgan fingerprint density at radius 2 is 2.09 bits per heavy atom. The zero-order valence-electron chi connectivity index (χ0n) is 12.4. The number of carboxylic acid groups (broad SMARTS) is 1. The highest BCUT2D eigenvalue weighted by Gasteiger charge is 2.16. The number of carbonyl (C=O) groups is 2. The number of nitrogens with zero attached hydrogens (tertiary/aromatic N) is 2. The zero-order chi connectivity index (χ0) is 16.1. The number of carbonyl (C=O) groups excluding carboxylic acids is 1. The smallest absolute Gasteiger partial charge is 0.335 e. The lowest BCUT2D eigenvalue weighted by Crippen LogP contribution is -2.25. The highest BCUT2D eigenvalue weighted by Crippen LogP contribution is 2.15. The Morgan fingerprint density at radius 1 is 1.32 bits per heavy atom. The van der Waals surface area contributed by atoms with Crippen molar-refractivity contribution in [3.8, 4) is 0 Å². The summed E-state index contributed by atoms with van der Waals surface area (Å²) >= 11 is 0.